The highest BCUT2D eigenvalue weighted by Gasteiger charge is 2.26. The highest BCUT2D eigenvalue weighted by molar-refractivity contribution is 5.89. The van der Waals surface area contributed by atoms with E-state index < -0.39 is 5.97 Å². The first-order chi connectivity index (χ1) is 13.4. The lowest BCUT2D eigenvalue weighted by Gasteiger charge is -2.26. The molecule has 0 unspecified atom stereocenters. The van der Waals surface area contributed by atoms with Gasteiger partial charge in [-0.2, -0.15) is 4.98 Å². The molecule has 1 aliphatic rings. The van der Waals surface area contributed by atoms with Crippen molar-refractivity contribution in [1.29, 1.82) is 0 Å². The molecule has 1 aliphatic carbocycles. The third kappa shape index (κ3) is 5.31. The number of aromatic nitrogens is 2. The molecular formula is C20H26N4O4. The first-order valence-electron chi connectivity index (χ1n) is 9.62. The number of nitrogens with zero attached hydrogens (tertiary/aromatic N) is 2. The normalized spacial score (nSPS) is 19.4. The van der Waals surface area contributed by atoms with Crippen molar-refractivity contribution in [2.45, 2.75) is 57.9 Å². The Morgan fingerprint density at radius 1 is 1.18 bits per heavy atom. The van der Waals surface area contributed by atoms with Gasteiger partial charge in [0, 0.05) is 17.6 Å². The lowest BCUT2D eigenvalue weighted by atomic mass is 9.86. The Kier molecular flexibility index (Phi) is 6.28. The van der Waals surface area contributed by atoms with Gasteiger partial charge in [0.2, 0.25) is 5.89 Å². The molecule has 28 heavy (non-hydrogen) atoms. The first-order valence-corrected chi connectivity index (χ1v) is 9.62. The monoisotopic (exact) mass is 386 g/mol. The van der Waals surface area contributed by atoms with Crippen molar-refractivity contribution in [2.24, 2.45) is 5.92 Å². The van der Waals surface area contributed by atoms with Crippen molar-refractivity contribution in [1.82, 2.24) is 15.5 Å². The predicted molar refractivity (Wildman–Crippen MR) is 103 cm³/mol. The van der Waals surface area contributed by atoms with E-state index >= 15 is 0 Å². The standard InChI is InChI=1S/C20H26N4O4/c1-12(2)18-23-17(28-24-18)11-13-3-7-15(8-4-13)21-20(27)22-16-9-5-14(6-10-16)19(25)26/h3-4,7-8,12,14,16H,5-6,9-11H2,1-2H3,(H,25,26)(H2,21,22,27). The summed E-state index contributed by atoms with van der Waals surface area (Å²) in [5.41, 5.74) is 1.70. The number of benzene rings is 1. The molecule has 1 saturated carbocycles. The van der Waals surface area contributed by atoms with Crippen LogP contribution >= 0.6 is 0 Å². The minimum absolute atomic E-state index is 0.0163. The lowest BCUT2D eigenvalue weighted by molar-refractivity contribution is -0.142. The van der Waals surface area contributed by atoms with Gasteiger partial charge in [0.05, 0.1) is 12.3 Å². The summed E-state index contributed by atoms with van der Waals surface area (Å²) < 4.78 is 5.25. The SMILES string of the molecule is CC(C)c1noc(Cc2ccc(NC(=O)NC3CCC(C(=O)O)CC3)cc2)n1. The molecule has 150 valence electrons. The molecule has 1 aromatic carbocycles. The predicted octanol–water partition coefficient (Wildman–Crippen LogP) is 3.55. The fourth-order valence-electron chi connectivity index (χ4n) is 3.29. The van der Waals surface area contributed by atoms with E-state index in [2.05, 4.69) is 20.8 Å². The van der Waals surface area contributed by atoms with Crippen molar-refractivity contribution in [2.75, 3.05) is 5.32 Å². The molecule has 8 heteroatoms. The van der Waals surface area contributed by atoms with Crippen LogP contribution in [0, 0.1) is 5.92 Å². The van der Waals surface area contributed by atoms with Crippen molar-refractivity contribution >= 4 is 17.7 Å². The second-order valence-electron chi connectivity index (χ2n) is 7.56. The van der Waals surface area contributed by atoms with Gasteiger partial charge in [-0.05, 0) is 43.4 Å². The van der Waals surface area contributed by atoms with Gasteiger partial charge in [-0.25, -0.2) is 4.79 Å². The number of urea groups is 1. The molecule has 8 nitrogen and oxygen atoms in total. The highest BCUT2D eigenvalue weighted by Crippen LogP contribution is 2.24. The van der Waals surface area contributed by atoms with Gasteiger partial charge in [-0.3, -0.25) is 4.79 Å². The van der Waals surface area contributed by atoms with Crippen LogP contribution in [-0.2, 0) is 11.2 Å². The summed E-state index contributed by atoms with van der Waals surface area (Å²) in [6.07, 6.45) is 3.11. The number of hydrogen-bond acceptors (Lipinski definition) is 5. The van der Waals surface area contributed by atoms with Crippen LogP contribution in [-0.4, -0.2) is 33.3 Å². The maximum absolute atomic E-state index is 12.2. The van der Waals surface area contributed by atoms with Crippen LogP contribution in [0.1, 0.15) is 62.7 Å². The summed E-state index contributed by atoms with van der Waals surface area (Å²) in [7, 11) is 0. The summed E-state index contributed by atoms with van der Waals surface area (Å²) in [6.45, 7) is 4.02. The Hall–Kier alpha value is -2.90. The lowest BCUT2D eigenvalue weighted by Crippen LogP contribution is -2.40. The first kappa shape index (κ1) is 19.9. The number of hydrogen-bond donors (Lipinski definition) is 3. The van der Waals surface area contributed by atoms with Crippen LogP contribution in [0.3, 0.4) is 0 Å². The number of carbonyl (C=O) groups is 2. The van der Waals surface area contributed by atoms with Crippen LogP contribution in [0.2, 0.25) is 0 Å². The van der Waals surface area contributed by atoms with E-state index in [1.165, 1.54) is 0 Å². The molecule has 1 fully saturated rings. The topological polar surface area (TPSA) is 117 Å². The van der Waals surface area contributed by atoms with Crippen LogP contribution in [0.25, 0.3) is 0 Å². The van der Waals surface area contributed by atoms with E-state index in [0.717, 1.165) is 5.56 Å². The Morgan fingerprint density at radius 3 is 2.43 bits per heavy atom. The number of carboxylic acid groups (broad SMARTS) is 1. The van der Waals surface area contributed by atoms with E-state index in [0.29, 0.717) is 49.5 Å². The Balaban J connectivity index is 1.47. The number of nitrogens with one attached hydrogen (secondary N) is 2. The summed E-state index contributed by atoms with van der Waals surface area (Å²) in [5.74, 6) is 0.455. The zero-order valence-corrected chi connectivity index (χ0v) is 16.1. The van der Waals surface area contributed by atoms with Gasteiger partial charge in [0.1, 0.15) is 0 Å². The molecule has 2 aromatic rings. The summed E-state index contributed by atoms with van der Waals surface area (Å²) in [4.78, 5) is 27.5. The Bertz CT molecular complexity index is 808. The van der Waals surface area contributed by atoms with E-state index in [9.17, 15) is 9.59 Å². The molecule has 1 aromatic heterocycles. The minimum atomic E-state index is -0.746. The molecule has 0 atom stereocenters. The van der Waals surface area contributed by atoms with Gasteiger partial charge >= 0.3 is 12.0 Å². The van der Waals surface area contributed by atoms with Crippen molar-refractivity contribution < 1.29 is 19.2 Å². The average Bonchev–Trinajstić information content (AvgIpc) is 3.12. The molecule has 0 bridgehead atoms. The molecule has 0 saturated heterocycles. The molecular weight excluding hydrogens is 360 g/mol. The van der Waals surface area contributed by atoms with Gasteiger partial charge in [-0.15, -0.1) is 0 Å². The van der Waals surface area contributed by atoms with E-state index in [1.54, 1.807) is 0 Å². The van der Waals surface area contributed by atoms with Gasteiger partial charge in [0.25, 0.3) is 0 Å². The van der Waals surface area contributed by atoms with Crippen LogP contribution in [0.15, 0.2) is 28.8 Å². The minimum Gasteiger partial charge on any atom is -0.481 e. The molecule has 3 N–H and O–H groups in total. The Morgan fingerprint density at radius 2 is 1.86 bits per heavy atom. The van der Waals surface area contributed by atoms with E-state index in [1.807, 2.05) is 38.1 Å². The molecule has 0 spiro atoms. The number of carbonyl (C=O) groups excluding carboxylic acids is 1. The van der Waals surface area contributed by atoms with Crippen molar-refractivity contribution in [3.8, 4) is 0 Å². The number of amides is 2. The highest BCUT2D eigenvalue weighted by atomic mass is 16.5. The zero-order valence-electron chi connectivity index (χ0n) is 16.1. The van der Waals surface area contributed by atoms with E-state index in [4.69, 9.17) is 9.63 Å². The second-order valence-corrected chi connectivity index (χ2v) is 7.56. The molecule has 2 amide bonds. The largest absolute Gasteiger partial charge is 0.481 e. The fraction of sp³-hybridized carbons (Fsp3) is 0.500. The van der Waals surface area contributed by atoms with Crippen LogP contribution in [0.4, 0.5) is 10.5 Å². The summed E-state index contributed by atoms with van der Waals surface area (Å²) in [5, 5.41) is 18.7. The van der Waals surface area contributed by atoms with E-state index in [-0.39, 0.29) is 23.9 Å². The fourth-order valence-corrected chi connectivity index (χ4v) is 3.29. The van der Waals surface area contributed by atoms with Crippen LogP contribution in [0.5, 0.6) is 0 Å². The zero-order chi connectivity index (χ0) is 20.1. The molecule has 0 aliphatic heterocycles. The third-order valence-corrected chi connectivity index (χ3v) is 4.98. The Labute approximate surface area is 163 Å². The quantitative estimate of drug-likeness (QED) is 0.699. The second kappa shape index (κ2) is 8.86. The summed E-state index contributed by atoms with van der Waals surface area (Å²) in [6, 6.07) is 7.22. The number of anilines is 1. The number of rotatable bonds is 6. The van der Waals surface area contributed by atoms with Gasteiger partial charge < -0.3 is 20.3 Å². The van der Waals surface area contributed by atoms with Crippen LogP contribution < -0.4 is 10.6 Å². The third-order valence-electron chi connectivity index (χ3n) is 4.98. The summed E-state index contributed by atoms with van der Waals surface area (Å²) >= 11 is 0. The molecule has 1 heterocycles. The molecule has 3 rings (SSSR count). The van der Waals surface area contributed by atoms with Gasteiger partial charge in [-0.1, -0.05) is 31.1 Å². The van der Waals surface area contributed by atoms with Crippen molar-refractivity contribution in [3.05, 3.63) is 41.5 Å². The van der Waals surface area contributed by atoms with Gasteiger partial charge in [0.15, 0.2) is 5.82 Å². The molecule has 0 radical (unpaired) electrons. The smallest absolute Gasteiger partial charge is 0.319 e. The maximum atomic E-state index is 12.2. The average molecular weight is 386 g/mol. The van der Waals surface area contributed by atoms with Crippen molar-refractivity contribution in [3.63, 3.8) is 0 Å². The number of carboxylic acids is 1. The number of aliphatic carboxylic acids is 1. The maximum Gasteiger partial charge on any atom is 0.319 e.